The average molecular weight is 262 g/mol. The summed E-state index contributed by atoms with van der Waals surface area (Å²) in [5.74, 6) is -1.59. The lowest BCUT2D eigenvalue weighted by atomic mass is 10.1. The first-order valence-electron chi connectivity index (χ1n) is 6.29. The van der Waals surface area contributed by atoms with E-state index in [1.807, 2.05) is 36.9 Å². The summed E-state index contributed by atoms with van der Waals surface area (Å²) >= 11 is 0. The van der Waals surface area contributed by atoms with Crippen molar-refractivity contribution in [2.45, 2.75) is 13.8 Å². The summed E-state index contributed by atoms with van der Waals surface area (Å²) in [6, 6.07) is 5.86. The van der Waals surface area contributed by atoms with Gasteiger partial charge in [-0.3, -0.25) is 9.59 Å². The molecule has 0 saturated carbocycles. The number of anilines is 1. The Hall–Kier alpha value is -2.04. The van der Waals surface area contributed by atoms with Gasteiger partial charge >= 0.3 is 5.97 Å². The lowest BCUT2D eigenvalue weighted by Gasteiger charge is -2.26. The monoisotopic (exact) mass is 262 g/mol. The second-order valence-electron chi connectivity index (χ2n) is 4.94. The number of carboxylic acid groups (broad SMARTS) is 1. The molecule has 2 rings (SSSR count). The smallest absolute Gasteiger partial charge is 0.310 e. The van der Waals surface area contributed by atoms with Crippen LogP contribution in [0.4, 0.5) is 5.69 Å². The fourth-order valence-electron chi connectivity index (χ4n) is 2.29. The molecule has 1 heterocycles. The van der Waals surface area contributed by atoms with Crippen molar-refractivity contribution in [3.8, 4) is 0 Å². The topological polar surface area (TPSA) is 69.6 Å². The summed E-state index contributed by atoms with van der Waals surface area (Å²) in [4.78, 5) is 24.7. The molecule has 1 saturated heterocycles. The van der Waals surface area contributed by atoms with Crippen molar-refractivity contribution in [3.63, 3.8) is 0 Å². The molecule has 0 spiro atoms. The molecule has 0 bridgehead atoms. The Bertz CT molecular complexity index is 513. The van der Waals surface area contributed by atoms with Crippen LogP contribution in [0.15, 0.2) is 18.2 Å². The molecule has 1 aliphatic heterocycles. The fourth-order valence-corrected chi connectivity index (χ4v) is 2.29. The van der Waals surface area contributed by atoms with E-state index in [1.165, 1.54) is 0 Å². The highest BCUT2D eigenvalue weighted by molar-refractivity contribution is 5.84. The van der Waals surface area contributed by atoms with Crippen molar-refractivity contribution in [2.75, 3.05) is 24.5 Å². The molecule has 5 nitrogen and oxygen atoms in total. The van der Waals surface area contributed by atoms with E-state index >= 15 is 0 Å². The van der Waals surface area contributed by atoms with E-state index in [0.29, 0.717) is 6.54 Å². The molecule has 5 heteroatoms. The third-order valence-corrected chi connectivity index (χ3v) is 3.59. The number of aryl methyl sites for hydroxylation is 1. The highest BCUT2D eigenvalue weighted by Crippen LogP contribution is 2.24. The van der Waals surface area contributed by atoms with Gasteiger partial charge in [-0.25, -0.2) is 0 Å². The van der Waals surface area contributed by atoms with Crippen LogP contribution in [0.5, 0.6) is 0 Å². The van der Waals surface area contributed by atoms with Gasteiger partial charge in [-0.05, 0) is 31.0 Å². The quantitative estimate of drug-likeness (QED) is 0.832. The van der Waals surface area contributed by atoms with Crippen molar-refractivity contribution >= 4 is 17.6 Å². The summed E-state index contributed by atoms with van der Waals surface area (Å²) in [6.07, 6.45) is 0. The predicted molar refractivity (Wildman–Crippen MR) is 72.3 cm³/mol. The summed E-state index contributed by atoms with van der Waals surface area (Å²) in [5, 5.41) is 11.8. The Balaban J connectivity index is 2.32. The molecule has 1 aliphatic rings. The van der Waals surface area contributed by atoms with E-state index in [2.05, 4.69) is 5.32 Å². The SMILES string of the molecule is Cc1cccc(N2CC(=O)NCC(C(=O)O)C2)c1C. The molecule has 1 unspecified atom stereocenters. The number of carbonyl (C=O) groups excluding carboxylic acids is 1. The Morgan fingerprint density at radius 3 is 2.84 bits per heavy atom. The number of rotatable bonds is 2. The summed E-state index contributed by atoms with van der Waals surface area (Å²) in [6.45, 7) is 4.73. The summed E-state index contributed by atoms with van der Waals surface area (Å²) in [5.41, 5.74) is 3.15. The van der Waals surface area contributed by atoms with E-state index in [-0.39, 0.29) is 19.0 Å². The van der Waals surface area contributed by atoms with Gasteiger partial charge in [0.15, 0.2) is 0 Å². The Kier molecular flexibility index (Phi) is 3.74. The normalized spacial score (nSPS) is 19.8. The highest BCUT2D eigenvalue weighted by Gasteiger charge is 2.27. The first-order valence-corrected chi connectivity index (χ1v) is 6.29. The zero-order chi connectivity index (χ0) is 14.0. The zero-order valence-corrected chi connectivity index (χ0v) is 11.1. The number of hydrogen-bond acceptors (Lipinski definition) is 3. The van der Waals surface area contributed by atoms with Crippen LogP contribution in [0.25, 0.3) is 0 Å². The van der Waals surface area contributed by atoms with Crippen molar-refractivity contribution < 1.29 is 14.7 Å². The lowest BCUT2D eigenvalue weighted by molar-refractivity contribution is -0.141. The molecule has 102 valence electrons. The van der Waals surface area contributed by atoms with Gasteiger partial charge in [0.1, 0.15) is 0 Å². The van der Waals surface area contributed by atoms with Crippen molar-refractivity contribution in [1.82, 2.24) is 5.32 Å². The number of nitrogens with one attached hydrogen (secondary N) is 1. The minimum atomic E-state index is -0.877. The molecular weight excluding hydrogens is 244 g/mol. The first kappa shape index (κ1) is 13.4. The van der Waals surface area contributed by atoms with E-state index in [1.54, 1.807) is 0 Å². The maximum absolute atomic E-state index is 11.7. The summed E-state index contributed by atoms with van der Waals surface area (Å²) < 4.78 is 0. The van der Waals surface area contributed by atoms with Gasteiger partial charge in [0, 0.05) is 18.8 Å². The van der Waals surface area contributed by atoms with Crippen LogP contribution in [-0.2, 0) is 9.59 Å². The molecule has 0 aliphatic carbocycles. The second-order valence-corrected chi connectivity index (χ2v) is 4.94. The summed E-state index contributed by atoms with van der Waals surface area (Å²) in [7, 11) is 0. The molecule has 1 atom stereocenters. The van der Waals surface area contributed by atoms with Crippen molar-refractivity contribution in [2.24, 2.45) is 5.92 Å². The van der Waals surface area contributed by atoms with Gasteiger partial charge in [0.25, 0.3) is 0 Å². The second kappa shape index (κ2) is 5.30. The minimum Gasteiger partial charge on any atom is -0.481 e. The Morgan fingerprint density at radius 1 is 1.42 bits per heavy atom. The largest absolute Gasteiger partial charge is 0.481 e. The standard InChI is InChI=1S/C14H18N2O3/c1-9-4-3-5-12(10(9)2)16-7-11(14(18)19)6-15-13(17)8-16/h3-5,11H,6-8H2,1-2H3,(H,15,17)(H,18,19). The van der Waals surface area contributed by atoms with Crippen molar-refractivity contribution in [3.05, 3.63) is 29.3 Å². The van der Waals surface area contributed by atoms with E-state index in [4.69, 9.17) is 5.11 Å². The van der Waals surface area contributed by atoms with Gasteiger partial charge in [-0.2, -0.15) is 0 Å². The average Bonchev–Trinajstić information content (AvgIpc) is 2.55. The van der Waals surface area contributed by atoms with Gasteiger partial charge < -0.3 is 15.3 Å². The first-order chi connectivity index (χ1) is 8.99. The van der Waals surface area contributed by atoms with Gasteiger partial charge in [-0.1, -0.05) is 12.1 Å². The third kappa shape index (κ3) is 2.86. The number of hydrogen-bond donors (Lipinski definition) is 2. The molecule has 1 fully saturated rings. The van der Waals surface area contributed by atoms with Crippen LogP contribution < -0.4 is 10.2 Å². The van der Waals surface area contributed by atoms with Crippen LogP contribution in [-0.4, -0.2) is 36.6 Å². The minimum absolute atomic E-state index is 0.135. The number of carboxylic acids is 1. The van der Waals surface area contributed by atoms with E-state index < -0.39 is 11.9 Å². The predicted octanol–water partition coefficient (Wildman–Crippen LogP) is 0.940. The van der Waals surface area contributed by atoms with Gasteiger partial charge in [-0.15, -0.1) is 0 Å². The molecule has 19 heavy (non-hydrogen) atoms. The molecule has 0 radical (unpaired) electrons. The third-order valence-electron chi connectivity index (χ3n) is 3.59. The molecule has 1 aromatic carbocycles. The number of carbonyl (C=O) groups is 2. The van der Waals surface area contributed by atoms with E-state index in [9.17, 15) is 9.59 Å². The van der Waals surface area contributed by atoms with Crippen LogP contribution in [0.2, 0.25) is 0 Å². The van der Waals surface area contributed by atoms with Crippen molar-refractivity contribution in [1.29, 1.82) is 0 Å². The van der Waals surface area contributed by atoms with Crippen LogP contribution in [0.1, 0.15) is 11.1 Å². The van der Waals surface area contributed by atoms with Crippen LogP contribution in [0, 0.1) is 19.8 Å². The van der Waals surface area contributed by atoms with E-state index in [0.717, 1.165) is 16.8 Å². The number of nitrogens with zero attached hydrogens (tertiary/aromatic N) is 1. The molecule has 1 amide bonds. The van der Waals surface area contributed by atoms with Gasteiger partial charge in [0.2, 0.25) is 5.91 Å². The number of benzene rings is 1. The molecule has 1 aromatic rings. The zero-order valence-electron chi connectivity index (χ0n) is 11.1. The number of amides is 1. The van der Waals surface area contributed by atoms with Gasteiger partial charge in [0.05, 0.1) is 12.5 Å². The fraction of sp³-hybridized carbons (Fsp3) is 0.429. The molecule has 2 N–H and O–H groups in total. The lowest BCUT2D eigenvalue weighted by Crippen LogP contribution is -2.34. The van der Waals surface area contributed by atoms with Crippen LogP contribution >= 0.6 is 0 Å². The Labute approximate surface area is 112 Å². The molecular formula is C14H18N2O3. The maximum atomic E-state index is 11.7. The highest BCUT2D eigenvalue weighted by atomic mass is 16.4. The Morgan fingerprint density at radius 2 is 2.16 bits per heavy atom. The maximum Gasteiger partial charge on any atom is 0.310 e. The molecule has 0 aromatic heterocycles. The number of aliphatic carboxylic acids is 1. The van der Waals surface area contributed by atoms with Crippen LogP contribution in [0.3, 0.4) is 0 Å².